The molecule has 0 radical (unpaired) electrons. The van der Waals surface area contributed by atoms with Crippen LogP contribution in [0.25, 0.3) is 11.0 Å². The van der Waals surface area contributed by atoms with Crippen LogP contribution in [-0.4, -0.2) is 36.9 Å². The van der Waals surface area contributed by atoms with Crippen molar-refractivity contribution in [1.29, 1.82) is 0 Å². The monoisotopic (exact) mass is 434 g/mol. The van der Waals surface area contributed by atoms with Gasteiger partial charge in [0.05, 0.1) is 25.0 Å². The van der Waals surface area contributed by atoms with Crippen LogP contribution in [0.2, 0.25) is 0 Å². The molecule has 1 N–H and O–H groups in total. The Bertz CT molecular complexity index is 1300. The van der Waals surface area contributed by atoms with Crippen LogP contribution in [-0.2, 0) is 24.3 Å². The highest BCUT2D eigenvalue weighted by Gasteiger charge is 2.13. The molecule has 9 heteroatoms. The smallest absolute Gasteiger partial charge is 0.264 e. The van der Waals surface area contributed by atoms with Gasteiger partial charge >= 0.3 is 0 Å². The molecule has 4 aromatic rings. The van der Waals surface area contributed by atoms with Gasteiger partial charge in [-0.1, -0.05) is 35.0 Å². The van der Waals surface area contributed by atoms with Gasteiger partial charge in [0, 0.05) is 18.5 Å². The maximum Gasteiger partial charge on any atom is 0.264 e. The quantitative estimate of drug-likeness (QED) is 0.456. The van der Waals surface area contributed by atoms with E-state index >= 15 is 0 Å². The summed E-state index contributed by atoms with van der Waals surface area (Å²) in [5.41, 5.74) is 4.36. The zero-order valence-corrected chi connectivity index (χ0v) is 18.5. The van der Waals surface area contributed by atoms with E-state index in [-0.39, 0.29) is 11.5 Å². The first-order valence-corrected chi connectivity index (χ1v) is 10.6. The minimum atomic E-state index is -0.133. The van der Waals surface area contributed by atoms with Gasteiger partial charge in [-0.15, -0.1) is 0 Å². The molecule has 9 nitrogen and oxygen atoms in total. The Hall–Kier alpha value is -3.75. The van der Waals surface area contributed by atoms with Gasteiger partial charge in [0.2, 0.25) is 5.91 Å². The largest absolute Gasteiger partial charge is 0.361 e. The number of aryl methyl sites for hydroxylation is 3. The minimum absolute atomic E-state index is 0.0602. The number of aromatic nitrogens is 5. The van der Waals surface area contributed by atoms with Gasteiger partial charge in [-0.25, -0.2) is 9.67 Å². The van der Waals surface area contributed by atoms with Gasteiger partial charge in [-0.2, -0.15) is 5.10 Å². The molecular weight excluding hydrogens is 408 g/mol. The van der Waals surface area contributed by atoms with Crippen molar-refractivity contribution in [2.24, 2.45) is 0 Å². The van der Waals surface area contributed by atoms with Crippen molar-refractivity contribution in [1.82, 2.24) is 29.8 Å². The number of carbonyl (C=O) groups is 1. The number of nitrogens with one attached hydrogen (secondary N) is 1. The predicted octanol–water partition coefficient (Wildman–Crippen LogP) is 2.30. The van der Waals surface area contributed by atoms with E-state index < -0.39 is 0 Å². The van der Waals surface area contributed by atoms with Gasteiger partial charge in [-0.05, 0) is 32.8 Å². The van der Waals surface area contributed by atoms with Gasteiger partial charge in [0.1, 0.15) is 17.5 Å². The van der Waals surface area contributed by atoms with Gasteiger partial charge in [0.25, 0.3) is 5.56 Å². The average Bonchev–Trinajstić information content (AvgIpc) is 3.32. The fraction of sp³-hybridized carbons (Fsp3) is 0.348. The summed E-state index contributed by atoms with van der Waals surface area (Å²) in [6.45, 7) is 7.01. The summed E-state index contributed by atoms with van der Waals surface area (Å²) in [6, 6.07) is 8.03. The van der Waals surface area contributed by atoms with Crippen LogP contribution in [0.15, 0.2) is 46.1 Å². The van der Waals surface area contributed by atoms with Crippen molar-refractivity contribution in [3.63, 3.8) is 0 Å². The Morgan fingerprint density at radius 3 is 2.81 bits per heavy atom. The minimum Gasteiger partial charge on any atom is -0.361 e. The van der Waals surface area contributed by atoms with E-state index in [0.29, 0.717) is 43.5 Å². The molecule has 0 unspecified atom stereocenters. The van der Waals surface area contributed by atoms with Crippen LogP contribution in [0, 0.1) is 20.8 Å². The van der Waals surface area contributed by atoms with Crippen LogP contribution >= 0.6 is 0 Å². The molecule has 0 saturated carbocycles. The molecular formula is C23H26N6O3. The molecule has 0 aliphatic carbocycles. The van der Waals surface area contributed by atoms with Crippen molar-refractivity contribution in [3.8, 4) is 0 Å². The van der Waals surface area contributed by atoms with Crippen LogP contribution in [0.5, 0.6) is 0 Å². The molecule has 0 spiro atoms. The number of hydrogen-bond acceptors (Lipinski definition) is 6. The number of hydrogen-bond donors (Lipinski definition) is 1. The van der Waals surface area contributed by atoms with Crippen LogP contribution < -0.4 is 10.9 Å². The molecule has 0 atom stereocenters. The highest BCUT2D eigenvalue weighted by molar-refractivity contribution is 5.76. The molecule has 4 rings (SSSR count). The summed E-state index contributed by atoms with van der Waals surface area (Å²) in [6.07, 6.45) is 4.02. The number of fused-ring (bicyclic) bond motifs is 1. The fourth-order valence-electron chi connectivity index (χ4n) is 3.77. The number of amides is 1. The van der Waals surface area contributed by atoms with Crippen molar-refractivity contribution < 1.29 is 9.32 Å². The molecule has 0 fully saturated rings. The van der Waals surface area contributed by atoms with E-state index in [9.17, 15) is 9.59 Å². The zero-order valence-electron chi connectivity index (χ0n) is 18.5. The second kappa shape index (κ2) is 9.17. The summed E-state index contributed by atoms with van der Waals surface area (Å²) in [4.78, 5) is 29.5. The highest BCUT2D eigenvalue weighted by Crippen LogP contribution is 2.14. The SMILES string of the molecule is Cc1cccc(Cn2cnc3c(cnn3CCNC(=O)CCc3c(C)noc3C)c2=O)c1. The van der Waals surface area contributed by atoms with Gasteiger partial charge < -0.3 is 9.84 Å². The topological polar surface area (TPSA) is 108 Å². The number of rotatable bonds is 8. The summed E-state index contributed by atoms with van der Waals surface area (Å²) < 4.78 is 8.35. The molecule has 0 saturated heterocycles. The lowest BCUT2D eigenvalue weighted by Crippen LogP contribution is -2.28. The van der Waals surface area contributed by atoms with Crippen molar-refractivity contribution >= 4 is 16.9 Å². The first kappa shape index (κ1) is 21.5. The van der Waals surface area contributed by atoms with Crippen LogP contribution in [0.1, 0.15) is 34.6 Å². The maximum atomic E-state index is 12.9. The third kappa shape index (κ3) is 4.61. The summed E-state index contributed by atoms with van der Waals surface area (Å²) in [5, 5.41) is 11.6. The standard InChI is InChI=1S/C23H26N6O3/c1-15-5-4-6-18(11-15)13-28-14-25-22-20(23(28)31)12-26-29(22)10-9-24-21(30)8-7-19-16(2)27-32-17(19)3/h4-6,11-12,14H,7-10,13H2,1-3H3,(H,24,30). The van der Waals surface area contributed by atoms with Gasteiger partial charge in [-0.3, -0.25) is 14.2 Å². The molecule has 166 valence electrons. The lowest BCUT2D eigenvalue weighted by atomic mass is 10.1. The number of carbonyl (C=O) groups excluding carboxylic acids is 1. The van der Waals surface area contributed by atoms with Crippen molar-refractivity contribution in [2.45, 2.75) is 46.7 Å². The van der Waals surface area contributed by atoms with Gasteiger partial charge in [0.15, 0.2) is 5.65 Å². The normalized spacial score (nSPS) is 11.2. The van der Waals surface area contributed by atoms with E-state index in [1.165, 1.54) is 6.20 Å². The second-order valence-electron chi connectivity index (χ2n) is 7.92. The summed E-state index contributed by atoms with van der Waals surface area (Å²) in [5.74, 6) is 0.687. The Labute approximate surface area is 185 Å². The molecule has 0 bridgehead atoms. The zero-order chi connectivity index (χ0) is 22.7. The Balaban J connectivity index is 1.36. The van der Waals surface area contributed by atoms with E-state index in [4.69, 9.17) is 4.52 Å². The van der Waals surface area contributed by atoms with E-state index in [1.54, 1.807) is 15.6 Å². The lowest BCUT2D eigenvalue weighted by molar-refractivity contribution is -0.121. The molecule has 1 aromatic carbocycles. The predicted molar refractivity (Wildman–Crippen MR) is 119 cm³/mol. The van der Waals surface area contributed by atoms with Crippen LogP contribution in [0.4, 0.5) is 0 Å². The number of nitrogens with zero attached hydrogens (tertiary/aromatic N) is 5. The van der Waals surface area contributed by atoms with Crippen LogP contribution in [0.3, 0.4) is 0 Å². The fourth-order valence-corrected chi connectivity index (χ4v) is 3.77. The Morgan fingerprint density at radius 1 is 1.22 bits per heavy atom. The molecule has 32 heavy (non-hydrogen) atoms. The van der Waals surface area contributed by atoms with E-state index in [0.717, 1.165) is 28.1 Å². The summed E-state index contributed by atoms with van der Waals surface area (Å²) in [7, 11) is 0. The molecule has 3 heterocycles. The second-order valence-corrected chi connectivity index (χ2v) is 7.92. The molecule has 0 aliphatic heterocycles. The first-order valence-electron chi connectivity index (χ1n) is 10.6. The van der Waals surface area contributed by atoms with E-state index in [1.807, 2.05) is 39.0 Å². The van der Waals surface area contributed by atoms with Crippen molar-refractivity contribution in [2.75, 3.05) is 6.54 Å². The third-order valence-electron chi connectivity index (χ3n) is 5.49. The Kier molecular flexibility index (Phi) is 6.16. The lowest BCUT2D eigenvalue weighted by Gasteiger charge is -2.08. The molecule has 0 aliphatic rings. The first-order chi connectivity index (χ1) is 15.4. The summed E-state index contributed by atoms with van der Waals surface area (Å²) >= 11 is 0. The highest BCUT2D eigenvalue weighted by atomic mass is 16.5. The molecule has 1 amide bonds. The van der Waals surface area contributed by atoms with Crippen molar-refractivity contribution in [3.05, 3.63) is 75.3 Å². The van der Waals surface area contributed by atoms with E-state index in [2.05, 4.69) is 26.6 Å². The molecule has 3 aromatic heterocycles. The number of benzene rings is 1. The third-order valence-corrected chi connectivity index (χ3v) is 5.49. The average molecular weight is 435 g/mol. The Morgan fingerprint density at radius 2 is 2.06 bits per heavy atom. The maximum absolute atomic E-state index is 12.9.